The average molecular weight is 345 g/mol. The fourth-order valence-electron chi connectivity index (χ4n) is 0.490. The van der Waals surface area contributed by atoms with Crippen LogP contribution in [0.5, 0.6) is 0 Å². The molecule has 0 rings (SSSR count). The van der Waals surface area contributed by atoms with Crippen LogP contribution in [0.25, 0.3) is 0 Å². The third-order valence-electron chi connectivity index (χ3n) is 1.44. The highest BCUT2D eigenvalue weighted by atomic mass is 32.3. The Kier molecular flexibility index (Phi) is 4.82. The fourth-order valence-corrected chi connectivity index (χ4v) is 3.00. The Morgan fingerprint density at radius 2 is 0.895 bits per heavy atom. The van der Waals surface area contributed by atoms with E-state index in [2.05, 4.69) is 0 Å². The van der Waals surface area contributed by atoms with Gasteiger partial charge in [-0.15, -0.1) is 0 Å². The Morgan fingerprint density at radius 1 is 0.684 bits per heavy atom. The highest BCUT2D eigenvalue weighted by molar-refractivity contribution is 8.05. The Balaban J connectivity index is 5.62. The fraction of sp³-hybridized carbons (Fsp3) is 1.00. The van der Waals surface area contributed by atoms with Gasteiger partial charge in [0, 0.05) is 0 Å². The maximum Gasteiger partial charge on any atom is 0.418 e. The van der Waals surface area contributed by atoms with Crippen molar-refractivity contribution in [2.45, 2.75) is 23.4 Å². The smallest absolute Gasteiger partial charge is 0.205 e. The molecule has 0 aliphatic rings. The molecule has 0 spiro atoms. The first-order valence-electron chi connectivity index (χ1n) is 3.69. The topological polar surface area (TPSA) is 80.3 Å². The highest BCUT2D eigenvalue weighted by Crippen LogP contribution is 2.33. The monoisotopic (exact) mass is 345 g/mol. The minimum atomic E-state index is -6.87. The second-order valence-electron chi connectivity index (χ2n) is 2.82. The van der Waals surface area contributed by atoms with Crippen molar-refractivity contribution < 1.29 is 52.0 Å². The zero-order valence-corrected chi connectivity index (χ0v) is 9.76. The number of hydrogen-bond donors (Lipinski definition) is 1. The van der Waals surface area contributed by atoms with Gasteiger partial charge in [-0.3, -0.25) is 0 Å². The lowest BCUT2D eigenvalue weighted by molar-refractivity contribution is -0.0669. The van der Waals surface area contributed by atoms with E-state index < -0.39 is 47.5 Å². The van der Waals surface area contributed by atoms with Gasteiger partial charge in [0.15, 0.2) is 0 Å². The molecule has 0 aromatic carbocycles. The van der Waals surface area contributed by atoms with Crippen LogP contribution in [0.15, 0.2) is 0 Å². The van der Waals surface area contributed by atoms with E-state index in [1.807, 2.05) is 0 Å². The van der Waals surface area contributed by atoms with Crippen molar-refractivity contribution in [3.63, 3.8) is 0 Å². The zero-order valence-electron chi connectivity index (χ0n) is 8.13. The Hall–Kier alpha value is -0.700. The first kappa shape index (κ1) is 18.3. The highest BCUT2D eigenvalue weighted by Gasteiger charge is 2.61. The van der Waals surface area contributed by atoms with E-state index in [1.54, 1.807) is 0 Å². The molecule has 0 amide bonds. The molecule has 0 aromatic heterocycles. The summed E-state index contributed by atoms with van der Waals surface area (Å²) in [5.41, 5.74) is 0. The SMILES string of the molecule is O=S(=O)(NS(=O)(=O)C(F)(F)C(F)F)C(F)(F)C(F)F. The Morgan fingerprint density at radius 3 is 1.05 bits per heavy atom. The lowest BCUT2D eigenvalue weighted by Crippen LogP contribution is -2.52. The molecule has 0 aliphatic heterocycles. The summed E-state index contributed by atoms with van der Waals surface area (Å²) in [6, 6.07) is 0. The van der Waals surface area contributed by atoms with Gasteiger partial charge in [-0.2, -0.15) is 17.6 Å². The van der Waals surface area contributed by atoms with Crippen LogP contribution < -0.4 is 4.13 Å². The maximum absolute atomic E-state index is 12.3. The summed E-state index contributed by atoms with van der Waals surface area (Å²) in [6.45, 7) is 0. The molecule has 0 fully saturated rings. The molecular formula is C4H3F8NO4S2. The molecule has 0 bridgehead atoms. The van der Waals surface area contributed by atoms with Crippen LogP contribution in [0.4, 0.5) is 35.1 Å². The van der Waals surface area contributed by atoms with Crippen LogP contribution in [0.3, 0.4) is 0 Å². The van der Waals surface area contributed by atoms with E-state index in [9.17, 15) is 52.0 Å². The number of halogens is 8. The minimum Gasteiger partial charge on any atom is -0.205 e. The van der Waals surface area contributed by atoms with Crippen molar-refractivity contribution in [2.75, 3.05) is 0 Å². The maximum atomic E-state index is 12.3. The largest absolute Gasteiger partial charge is 0.418 e. The van der Waals surface area contributed by atoms with Crippen molar-refractivity contribution in [1.82, 2.24) is 4.13 Å². The van der Waals surface area contributed by atoms with Gasteiger partial charge in [-0.05, 0) is 0 Å². The quantitative estimate of drug-likeness (QED) is 0.727. The summed E-state index contributed by atoms with van der Waals surface area (Å²) in [5.74, 6) is 0. The third-order valence-corrected chi connectivity index (χ3v) is 4.99. The van der Waals surface area contributed by atoms with Crippen LogP contribution in [0, 0.1) is 0 Å². The minimum absolute atomic E-state index is 0.540. The van der Waals surface area contributed by atoms with E-state index in [-0.39, 0.29) is 0 Å². The van der Waals surface area contributed by atoms with Crippen LogP contribution in [0.1, 0.15) is 0 Å². The van der Waals surface area contributed by atoms with Crippen molar-refractivity contribution in [2.24, 2.45) is 0 Å². The number of alkyl halides is 8. The molecule has 0 saturated heterocycles. The lowest BCUT2D eigenvalue weighted by Gasteiger charge is -2.20. The Bertz CT molecular complexity index is 477. The molecule has 1 N–H and O–H groups in total. The van der Waals surface area contributed by atoms with Crippen molar-refractivity contribution in [3.8, 4) is 0 Å². The van der Waals surface area contributed by atoms with Crippen LogP contribution in [-0.2, 0) is 20.0 Å². The van der Waals surface area contributed by atoms with Gasteiger partial charge in [-0.1, -0.05) is 4.13 Å². The normalized spacial score (nSPS) is 15.3. The summed E-state index contributed by atoms with van der Waals surface area (Å²) >= 11 is 0. The van der Waals surface area contributed by atoms with Crippen molar-refractivity contribution in [1.29, 1.82) is 0 Å². The zero-order chi connectivity index (χ0) is 15.9. The molecule has 5 nitrogen and oxygen atoms in total. The van der Waals surface area contributed by atoms with Gasteiger partial charge in [-0.25, -0.2) is 34.4 Å². The molecule has 0 heterocycles. The van der Waals surface area contributed by atoms with Gasteiger partial charge >= 0.3 is 23.4 Å². The molecule has 0 aliphatic carbocycles. The van der Waals surface area contributed by atoms with Gasteiger partial charge in [0.1, 0.15) is 0 Å². The standard InChI is InChI=1S/C4H3F8NO4S2/c5-1(6)3(9,10)18(14,15)13-19(16,17)4(11,12)2(7)8/h1-2,13H. The first-order chi connectivity index (χ1) is 8.09. The summed E-state index contributed by atoms with van der Waals surface area (Å²) in [5, 5.41) is -12.1. The number of nitrogens with one attached hydrogen (secondary N) is 1. The predicted octanol–water partition coefficient (Wildman–Crippen LogP) is 0.951. The average Bonchev–Trinajstić information content (AvgIpc) is 2.14. The molecule has 0 unspecified atom stereocenters. The molecule has 0 saturated carbocycles. The van der Waals surface area contributed by atoms with E-state index in [4.69, 9.17) is 0 Å². The van der Waals surface area contributed by atoms with Gasteiger partial charge in [0.25, 0.3) is 20.0 Å². The summed E-state index contributed by atoms with van der Waals surface area (Å²) in [6.07, 6.45) is -9.94. The van der Waals surface area contributed by atoms with Crippen molar-refractivity contribution >= 4 is 20.0 Å². The summed E-state index contributed by atoms with van der Waals surface area (Å²) < 4.78 is 137. The van der Waals surface area contributed by atoms with E-state index in [0.717, 1.165) is 0 Å². The molecule has 0 aromatic rings. The molecule has 19 heavy (non-hydrogen) atoms. The predicted molar refractivity (Wildman–Crippen MR) is 42.9 cm³/mol. The third kappa shape index (κ3) is 3.25. The number of sulfonamides is 2. The van der Waals surface area contributed by atoms with E-state index >= 15 is 0 Å². The van der Waals surface area contributed by atoms with Crippen LogP contribution in [0.2, 0.25) is 0 Å². The van der Waals surface area contributed by atoms with Crippen LogP contribution in [-0.4, -0.2) is 40.2 Å². The number of hydrogen-bond acceptors (Lipinski definition) is 4. The number of rotatable bonds is 6. The Labute approximate surface area is 100 Å². The second-order valence-corrected chi connectivity index (χ2v) is 6.58. The first-order valence-corrected chi connectivity index (χ1v) is 6.66. The molecule has 116 valence electrons. The van der Waals surface area contributed by atoms with Gasteiger partial charge in [0.05, 0.1) is 0 Å². The van der Waals surface area contributed by atoms with Crippen LogP contribution >= 0.6 is 0 Å². The van der Waals surface area contributed by atoms with E-state index in [0.29, 0.717) is 0 Å². The molecule has 0 atom stereocenters. The van der Waals surface area contributed by atoms with E-state index in [1.165, 1.54) is 0 Å². The van der Waals surface area contributed by atoms with Crippen molar-refractivity contribution in [3.05, 3.63) is 0 Å². The molecular weight excluding hydrogens is 342 g/mol. The lowest BCUT2D eigenvalue weighted by atomic mass is 10.7. The van der Waals surface area contributed by atoms with Gasteiger partial charge in [0.2, 0.25) is 0 Å². The molecule has 15 heteroatoms. The second kappa shape index (κ2) is 5.01. The van der Waals surface area contributed by atoms with Gasteiger partial charge < -0.3 is 0 Å². The summed E-state index contributed by atoms with van der Waals surface area (Å²) in [7, 11) is -13.7. The molecule has 0 radical (unpaired) electrons. The summed E-state index contributed by atoms with van der Waals surface area (Å²) in [4.78, 5) is 0.